The normalized spacial score (nSPS) is 12.4. The summed E-state index contributed by atoms with van der Waals surface area (Å²) >= 11 is 0. The molecule has 0 saturated carbocycles. The molecule has 0 saturated heterocycles. The van der Waals surface area contributed by atoms with Gasteiger partial charge in [0.15, 0.2) is 0 Å². The zero-order chi connectivity index (χ0) is 8.81. The zero-order valence-electron chi connectivity index (χ0n) is 6.90. The lowest BCUT2D eigenvalue weighted by molar-refractivity contribution is 0.618. The van der Waals surface area contributed by atoms with Crippen LogP contribution >= 0.6 is 0 Å². The van der Waals surface area contributed by atoms with Gasteiger partial charge in [-0.1, -0.05) is 6.08 Å². The van der Waals surface area contributed by atoms with Crippen molar-refractivity contribution in [3.05, 3.63) is 42.7 Å². The number of hydrogen-bond acceptors (Lipinski definition) is 3. The Kier molecular flexibility index (Phi) is 3.44. The fraction of sp³-hybridized carbons (Fsp3) is 0.222. The van der Waals surface area contributed by atoms with E-state index < -0.39 is 0 Å². The molecule has 12 heavy (non-hydrogen) atoms. The molecule has 0 fully saturated rings. The highest BCUT2D eigenvalue weighted by atomic mass is 15.2. The van der Waals surface area contributed by atoms with Gasteiger partial charge in [-0.3, -0.25) is 16.3 Å². The minimum atomic E-state index is 0.132. The third kappa shape index (κ3) is 2.45. The molecule has 1 heterocycles. The van der Waals surface area contributed by atoms with E-state index in [1.807, 2.05) is 12.1 Å². The van der Waals surface area contributed by atoms with Crippen molar-refractivity contribution in [3.63, 3.8) is 0 Å². The van der Waals surface area contributed by atoms with Gasteiger partial charge in [0, 0.05) is 18.4 Å². The van der Waals surface area contributed by atoms with Gasteiger partial charge >= 0.3 is 0 Å². The van der Waals surface area contributed by atoms with E-state index in [9.17, 15) is 0 Å². The molecule has 1 unspecified atom stereocenters. The van der Waals surface area contributed by atoms with E-state index in [1.54, 1.807) is 18.5 Å². The van der Waals surface area contributed by atoms with Crippen LogP contribution in [0.3, 0.4) is 0 Å². The third-order valence-corrected chi connectivity index (χ3v) is 1.70. The molecule has 3 N–H and O–H groups in total. The molecule has 0 radical (unpaired) electrons. The smallest absolute Gasteiger partial charge is 0.0428 e. The highest BCUT2D eigenvalue weighted by molar-refractivity contribution is 5.12. The topological polar surface area (TPSA) is 50.9 Å². The van der Waals surface area contributed by atoms with Gasteiger partial charge in [-0.15, -0.1) is 6.58 Å². The van der Waals surface area contributed by atoms with Gasteiger partial charge in [0.1, 0.15) is 0 Å². The summed E-state index contributed by atoms with van der Waals surface area (Å²) in [4.78, 5) is 3.93. The number of nitrogens with two attached hydrogens (primary N) is 1. The average molecular weight is 163 g/mol. The summed E-state index contributed by atoms with van der Waals surface area (Å²) in [6, 6.07) is 4.06. The van der Waals surface area contributed by atoms with Crippen molar-refractivity contribution in [2.75, 3.05) is 0 Å². The van der Waals surface area contributed by atoms with E-state index in [2.05, 4.69) is 17.0 Å². The molecule has 3 nitrogen and oxygen atoms in total. The number of hydrazine groups is 1. The number of aromatic nitrogens is 1. The summed E-state index contributed by atoms with van der Waals surface area (Å²) in [7, 11) is 0. The Morgan fingerprint density at radius 3 is 2.75 bits per heavy atom. The number of pyridine rings is 1. The second-order valence-corrected chi connectivity index (χ2v) is 2.57. The highest BCUT2D eigenvalue weighted by Gasteiger charge is 2.00. The van der Waals surface area contributed by atoms with E-state index in [1.165, 1.54) is 5.56 Å². The monoisotopic (exact) mass is 163 g/mol. The molecule has 3 heteroatoms. The maximum atomic E-state index is 5.29. The molecule has 0 spiro atoms. The van der Waals surface area contributed by atoms with E-state index in [-0.39, 0.29) is 6.04 Å². The minimum Gasteiger partial charge on any atom is -0.271 e. The predicted molar refractivity (Wildman–Crippen MR) is 49.2 cm³/mol. The van der Waals surface area contributed by atoms with Crippen molar-refractivity contribution in [2.24, 2.45) is 5.84 Å². The molecule has 0 aliphatic rings. The summed E-state index contributed by atoms with van der Waals surface area (Å²) in [5.41, 5.74) is 3.86. The van der Waals surface area contributed by atoms with Crippen molar-refractivity contribution in [2.45, 2.75) is 12.5 Å². The number of nitrogens with one attached hydrogen (secondary N) is 1. The average Bonchev–Trinajstić information content (AvgIpc) is 2.16. The Bertz CT molecular complexity index is 233. The molecule has 1 rings (SSSR count). The minimum absolute atomic E-state index is 0.132. The Morgan fingerprint density at radius 1 is 1.58 bits per heavy atom. The van der Waals surface area contributed by atoms with Crippen LogP contribution in [0.4, 0.5) is 0 Å². The SMILES string of the molecule is C=CC(Cc1ccncc1)NN. The first kappa shape index (κ1) is 8.90. The molecule has 0 amide bonds. The summed E-state index contributed by atoms with van der Waals surface area (Å²) in [6.07, 6.45) is 6.18. The Labute approximate surface area is 72.3 Å². The van der Waals surface area contributed by atoms with Gasteiger partial charge in [0.2, 0.25) is 0 Å². The summed E-state index contributed by atoms with van der Waals surface area (Å²) < 4.78 is 0. The maximum absolute atomic E-state index is 5.29. The van der Waals surface area contributed by atoms with E-state index >= 15 is 0 Å². The van der Waals surface area contributed by atoms with Crippen molar-refractivity contribution in [1.82, 2.24) is 10.4 Å². The van der Waals surface area contributed by atoms with Gasteiger partial charge in [-0.2, -0.15) is 0 Å². The van der Waals surface area contributed by atoms with Crippen molar-refractivity contribution < 1.29 is 0 Å². The molecule has 1 atom stereocenters. The maximum Gasteiger partial charge on any atom is 0.0428 e. The van der Waals surface area contributed by atoms with Crippen LogP contribution < -0.4 is 11.3 Å². The first-order valence-electron chi connectivity index (χ1n) is 3.84. The fourth-order valence-corrected chi connectivity index (χ4v) is 0.983. The van der Waals surface area contributed by atoms with Crippen LogP contribution in [0.2, 0.25) is 0 Å². The number of nitrogens with zero attached hydrogens (tertiary/aromatic N) is 1. The fourth-order valence-electron chi connectivity index (χ4n) is 0.983. The Balaban J connectivity index is 2.56. The van der Waals surface area contributed by atoms with Crippen LogP contribution in [0.15, 0.2) is 37.2 Å². The van der Waals surface area contributed by atoms with Crippen LogP contribution in [0.1, 0.15) is 5.56 Å². The summed E-state index contributed by atoms with van der Waals surface area (Å²) in [6.45, 7) is 3.67. The number of hydrogen-bond donors (Lipinski definition) is 2. The van der Waals surface area contributed by atoms with Crippen LogP contribution in [-0.4, -0.2) is 11.0 Å². The molecule has 0 bridgehead atoms. The van der Waals surface area contributed by atoms with Crippen molar-refractivity contribution >= 4 is 0 Å². The van der Waals surface area contributed by atoms with Crippen LogP contribution in [0.25, 0.3) is 0 Å². The quantitative estimate of drug-likeness (QED) is 0.389. The Morgan fingerprint density at radius 2 is 2.25 bits per heavy atom. The molecule has 64 valence electrons. The predicted octanol–water partition coefficient (Wildman–Crippen LogP) is 0.642. The van der Waals surface area contributed by atoms with Gasteiger partial charge < -0.3 is 0 Å². The largest absolute Gasteiger partial charge is 0.271 e. The van der Waals surface area contributed by atoms with Crippen LogP contribution in [0, 0.1) is 0 Å². The lowest BCUT2D eigenvalue weighted by Crippen LogP contribution is -2.34. The first-order valence-corrected chi connectivity index (χ1v) is 3.84. The van der Waals surface area contributed by atoms with E-state index in [0.717, 1.165) is 6.42 Å². The molecular weight excluding hydrogens is 150 g/mol. The van der Waals surface area contributed by atoms with Gasteiger partial charge in [0.25, 0.3) is 0 Å². The molecule has 1 aromatic rings. The van der Waals surface area contributed by atoms with Crippen LogP contribution in [-0.2, 0) is 6.42 Å². The number of rotatable bonds is 4. The van der Waals surface area contributed by atoms with E-state index in [4.69, 9.17) is 5.84 Å². The Hall–Kier alpha value is -1.19. The van der Waals surface area contributed by atoms with Crippen molar-refractivity contribution in [3.8, 4) is 0 Å². The second-order valence-electron chi connectivity index (χ2n) is 2.57. The lowest BCUT2D eigenvalue weighted by atomic mass is 10.1. The van der Waals surface area contributed by atoms with Gasteiger partial charge in [-0.05, 0) is 24.1 Å². The van der Waals surface area contributed by atoms with Gasteiger partial charge in [0.05, 0.1) is 0 Å². The lowest BCUT2D eigenvalue weighted by Gasteiger charge is -2.09. The standard InChI is InChI=1S/C9H13N3/c1-2-9(12-10)7-8-3-5-11-6-4-8/h2-6,9,12H,1,7,10H2. The first-order chi connectivity index (χ1) is 5.86. The molecule has 0 aromatic carbocycles. The van der Waals surface area contributed by atoms with Crippen molar-refractivity contribution in [1.29, 1.82) is 0 Å². The highest BCUT2D eigenvalue weighted by Crippen LogP contribution is 2.01. The summed E-state index contributed by atoms with van der Waals surface area (Å²) in [5.74, 6) is 5.29. The zero-order valence-corrected chi connectivity index (χ0v) is 6.90. The van der Waals surface area contributed by atoms with Crippen LogP contribution in [0.5, 0.6) is 0 Å². The van der Waals surface area contributed by atoms with Gasteiger partial charge in [-0.25, -0.2) is 0 Å². The second kappa shape index (κ2) is 4.64. The molecule has 1 aromatic heterocycles. The molecular formula is C9H13N3. The summed E-state index contributed by atoms with van der Waals surface area (Å²) in [5, 5.41) is 0. The molecule has 0 aliphatic carbocycles. The molecule has 0 aliphatic heterocycles. The third-order valence-electron chi connectivity index (χ3n) is 1.70. The van der Waals surface area contributed by atoms with E-state index in [0.29, 0.717) is 0 Å².